The van der Waals surface area contributed by atoms with Crippen LogP contribution >= 0.6 is 0 Å². The van der Waals surface area contributed by atoms with Gasteiger partial charge >= 0.3 is 0 Å². The third-order valence-corrected chi connectivity index (χ3v) is 6.50. The highest BCUT2D eigenvalue weighted by Crippen LogP contribution is 2.26. The number of hydrogen-bond donors (Lipinski definition) is 2. The zero-order valence-electron chi connectivity index (χ0n) is 14.8. The van der Waals surface area contributed by atoms with Crippen molar-refractivity contribution in [2.24, 2.45) is 5.92 Å². The van der Waals surface area contributed by atoms with E-state index in [1.54, 1.807) is 13.8 Å². The number of piperidine rings is 1. The number of likely N-dealkylation sites (N-methyl/N-ethyl adjacent to an activating group) is 1. The Kier molecular flexibility index (Phi) is 6.00. The van der Waals surface area contributed by atoms with Crippen molar-refractivity contribution in [3.8, 4) is 0 Å². The Morgan fingerprint density at radius 1 is 1.33 bits per heavy atom. The molecule has 0 spiro atoms. The first-order chi connectivity index (χ1) is 11.2. The largest absolute Gasteiger partial charge is 0.355 e. The van der Waals surface area contributed by atoms with Crippen LogP contribution in [0.4, 0.5) is 0 Å². The Morgan fingerprint density at radius 3 is 2.46 bits per heavy atom. The van der Waals surface area contributed by atoms with Gasteiger partial charge in [0.15, 0.2) is 0 Å². The smallest absolute Gasteiger partial charge is 0.246 e. The van der Waals surface area contributed by atoms with Gasteiger partial charge in [0.05, 0.1) is 11.4 Å². The van der Waals surface area contributed by atoms with Crippen molar-refractivity contribution < 1.29 is 13.2 Å². The van der Waals surface area contributed by atoms with Crippen molar-refractivity contribution in [1.29, 1.82) is 0 Å². The van der Waals surface area contributed by atoms with Crippen LogP contribution in [0.15, 0.2) is 4.90 Å². The molecule has 2 heterocycles. The molecule has 0 bridgehead atoms. The first kappa shape index (κ1) is 18.9. The van der Waals surface area contributed by atoms with Gasteiger partial charge in [0.25, 0.3) is 0 Å². The van der Waals surface area contributed by atoms with Crippen LogP contribution in [0.1, 0.15) is 24.2 Å². The molecule has 1 saturated heterocycles. The molecule has 0 atom stereocenters. The van der Waals surface area contributed by atoms with Gasteiger partial charge in [-0.3, -0.25) is 9.89 Å². The van der Waals surface area contributed by atoms with E-state index in [1.807, 2.05) is 19.0 Å². The zero-order chi connectivity index (χ0) is 17.9. The number of aromatic amines is 1. The first-order valence-corrected chi connectivity index (χ1v) is 9.61. The summed E-state index contributed by atoms with van der Waals surface area (Å²) in [5.74, 6) is -0.102. The lowest BCUT2D eigenvalue weighted by atomic mass is 9.97. The van der Waals surface area contributed by atoms with Gasteiger partial charge in [0.2, 0.25) is 15.9 Å². The van der Waals surface area contributed by atoms with Crippen LogP contribution in [0.25, 0.3) is 0 Å². The second-order valence-electron chi connectivity index (χ2n) is 6.54. The molecule has 1 aromatic heterocycles. The maximum absolute atomic E-state index is 12.8. The van der Waals surface area contributed by atoms with E-state index in [1.165, 1.54) is 4.31 Å². The normalized spacial score (nSPS) is 17.4. The number of hydrogen-bond acceptors (Lipinski definition) is 5. The van der Waals surface area contributed by atoms with Crippen molar-refractivity contribution in [3.63, 3.8) is 0 Å². The Morgan fingerprint density at radius 2 is 1.96 bits per heavy atom. The van der Waals surface area contributed by atoms with Crippen LogP contribution < -0.4 is 5.32 Å². The van der Waals surface area contributed by atoms with Crippen LogP contribution in [0.2, 0.25) is 0 Å². The quantitative estimate of drug-likeness (QED) is 0.753. The average Bonchev–Trinajstić information content (AvgIpc) is 2.86. The van der Waals surface area contributed by atoms with Crippen LogP contribution in [0, 0.1) is 19.8 Å². The van der Waals surface area contributed by atoms with Gasteiger partial charge < -0.3 is 10.2 Å². The van der Waals surface area contributed by atoms with E-state index >= 15 is 0 Å². The standard InChI is InChI=1S/C15H27N5O3S/c1-11-14(12(2)18-17-11)24(22,23)20-8-5-13(6-9-20)15(21)16-7-10-19(3)4/h13H,5-10H2,1-4H3,(H,16,21)(H,17,18). The minimum atomic E-state index is -3.56. The SMILES string of the molecule is Cc1n[nH]c(C)c1S(=O)(=O)N1CCC(C(=O)NCCN(C)C)CC1. The van der Waals surface area contributed by atoms with E-state index in [2.05, 4.69) is 15.5 Å². The van der Waals surface area contributed by atoms with Gasteiger partial charge in [-0.25, -0.2) is 8.42 Å². The van der Waals surface area contributed by atoms with Crippen molar-refractivity contribution in [3.05, 3.63) is 11.4 Å². The summed E-state index contributed by atoms with van der Waals surface area (Å²) >= 11 is 0. The predicted octanol–water partition coefficient (Wildman–Crippen LogP) is 0.105. The molecule has 0 radical (unpaired) electrons. The van der Waals surface area contributed by atoms with E-state index in [0.717, 1.165) is 6.54 Å². The molecule has 8 nitrogen and oxygen atoms in total. The Balaban J connectivity index is 1.94. The molecule has 136 valence electrons. The number of aryl methyl sites for hydroxylation is 2. The number of H-pyrrole nitrogens is 1. The molecular weight excluding hydrogens is 330 g/mol. The Hall–Kier alpha value is -1.45. The number of amides is 1. The van der Waals surface area contributed by atoms with Crippen molar-refractivity contribution >= 4 is 15.9 Å². The molecule has 1 aliphatic rings. The zero-order valence-corrected chi connectivity index (χ0v) is 15.6. The van der Waals surface area contributed by atoms with E-state index in [9.17, 15) is 13.2 Å². The van der Waals surface area contributed by atoms with Gasteiger partial charge in [-0.1, -0.05) is 0 Å². The number of rotatable bonds is 6. The van der Waals surface area contributed by atoms with Gasteiger partial charge in [0.1, 0.15) is 4.90 Å². The van der Waals surface area contributed by atoms with Crippen LogP contribution in [-0.4, -0.2) is 74.0 Å². The van der Waals surface area contributed by atoms with E-state index in [-0.39, 0.29) is 16.7 Å². The highest BCUT2D eigenvalue weighted by molar-refractivity contribution is 7.89. The molecule has 1 fully saturated rings. The lowest BCUT2D eigenvalue weighted by Gasteiger charge is -2.30. The molecule has 0 unspecified atom stereocenters. The number of carbonyl (C=O) groups is 1. The highest BCUT2D eigenvalue weighted by atomic mass is 32.2. The summed E-state index contributed by atoms with van der Waals surface area (Å²) < 4.78 is 27.0. The number of nitrogens with zero attached hydrogens (tertiary/aromatic N) is 3. The molecule has 2 N–H and O–H groups in total. The van der Waals surface area contributed by atoms with Crippen molar-refractivity contribution in [2.75, 3.05) is 40.3 Å². The summed E-state index contributed by atoms with van der Waals surface area (Å²) in [6.07, 6.45) is 1.09. The summed E-state index contributed by atoms with van der Waals surface area (Å²) in [5, 5.41) is 9.61. The van der Waals surface area contributed by atoms with Crippen LogP contribution in [0.3, 0.4) is 0 Å². The van der Waals surface area contributed by atoms with Crippen molar-refractivity contribution in [2.45, 2.75) is 31.6 Å². The average molecular weight is 357 g/mol. The summed E-state index contributed by atoms with van der Waals surface area (Å²) in [4.78, 5) is 14.4. The van der Waals surface area contributed by atoms with Crippen LogP contribution in [0.5, 0.6) is 0 Å². The van der Waals surface area contributed by atoms with E-state index in [4.69, 9.17) is 0 Å². The Labute approximate surface area is 143 Å². The molecule has 1 amide bonds. The molecule has 0 saturated carbocycles. The van der Waals surface area contributed by atoms with Gasteiger partial charge in [-0.2, -0.15) is 9.40 Å². The molecule has 0 aliphatic carbocycles. The molecule has 9 heteroatoms. The molecule has 24 heavy (non-hydrogen) atoms. The monoisotopic (exact) mass is 357 g/mol. The van der Waals surface area contributed by atoms with Gasteiger partial charge in [0, 0.05) is 32.1 Å². The predicted molar refractivity (Wildman–Crippen MR) is 91.1 cm³/mol. The summed E-state index contributed by atoms with van der Waals surface area (Å²) in [6, 6.07) is 0. The van der Waals surface area contributed by atoms with Gasteiger partial charge in [-0.05, 0) is 40.8 Å². The third-order valence-electron chi connectivity index (χ3n) is 4.34. The molecular formula is C15H27N5O3S. The fraction of sp³-hybridized carbons (Fsp3) is 0.733. The topological polar surface area (TPSA) is 98.4 Å². The minimum Gasteiger partial charge on any atom is -0.355 e. The third kappa shape index (κ3) is 4.14. The summed E-state index contributed by atoms with van der Waals surface area (Å²) in [6.45, 7) is 5.51. The highest BCUT2D eigenvalue weighted by Gasteiger charge is 2.34. The number of carbonyl (C=O) groups excluding carboxylic acids is 1. The number of nitrogens with one attached hydrogen (secondary N) is 2. The first-order valence-electron chi connectivity index (χ1n) is 8.17. The fourth-order valence-corrected chi connectivity index (χ4v) is 4.76. The Bertz CT molecular complexity index is 656. The second kappa shape index (κ2) is 7.62. The second-order valence-corrected chi connectivity index (χ2v) is 8.41. The number of sulfonamides is 1. The summed E-state index contributed by atoms with van der Waals surface area (Å²) in [7, 11) is 0.351. The van der Waals surface area contributed by atoms with Crippen molar-refractivity contribution in [1.82, 2.24) is 24.7 Å². The van der Waals surface area contributed by atoms with Gasteiger partial charge in [-0.15, -0.1) is 0 Å². The number of aromatic nitrogens is 2. The summed E-state index contributed by atoms with van der Waals surface area (Å²) in [5.41, 5.74) is 1.03. The molecule has 1 aromatic rings. The van der Waals surface area contributed by atoms with E-state index in [0.29, 0.717) is 43.9 Å². The fourth-order valence-electron chi connectivity index (χ4n) is 2.96. The van der Waals surface area contributed by atoms with E-state index < -0.39 is 10.0 Å². The lowest BCUT2D eigenvalue weighted by molar-refractivity contribution is -0.126. The maximum atomic E-state index is 12.8. The molecule has 0 aromatic carbocycles. The minimum absolute atomic E-state index is 0.0181. The molecule has 2 rings (SSSR count). The van der Waals surface area contributed by atoms with Crippen LogP contribution in [-0.2, 0) is 14.8 Å². The molecule has 1 aliphatic heterocycles. The lowest BCUT2D eigenvalue weighted by Crippen LogP contribution is -2.44. The maximum Gasteiger partial charge on any atom is 0.246 e.